The van der Waals surface area contributed by atoms with Crippen LogP contribution in [0.25, 0.3) is 0 Å². The first-order valence-corrected chi connectivity index (χ1v) is 13.4. The summed E-state index contributed by atoms with van der Waals surface area (Å²) in [7, 11) is 0. The van der Waals surface area contributed by atoms with Gasteiger partial charge in [0.1, 0.15) is 25.3 Å². The molecule has 0 unspecified atom stereocenters. The first-order valence-electron chi connectivity index (χ1n) is 13.4. The summed E-state index contributed by atoms with van der Waals surface area (Å²) in [6.07, 6.45) is 2.04. The molecule has 4 heterocycles. The van der Waals surface area contributed by atoms with E-state index in [-0.39, 0.29) is 37.4 Å². The lowest BCUT2D eigenvalue weighted by Gasteiger charge is -2.31. The second kappa shape index (κ2) is 10.7. The summed E-state index contributed by atoms with van der Waals surface area (Å²) in [5.41, 5.74) is 1.88. The highest BCUT2D eigenvalue weighted by Gasteiger charge is 2.50. The third-order valence-corrected chi connectivity index (χ3v) is 7.92. The third kappa shape index (κ3) is 4.95. The van der Waals surface area contributed by atoms with E-state index in [9.17, 15) is 19.2 Å². The highest BCUT2D eigenvalue weighted by molar-refractivity contribution is 6.02. The molecular formula is C28H31N5O6. The maximum absolute atomic E-state index is 13.2. The largest absolute Gasteiger partial charge is 0.345 e. The number of carbonyl (C=O) groups is 4. The van der Waals surface area contributed by atoms with Gasteiger partial charge in [0.15, 0.2) is 0 Å². The molecule has 4 aliphatic rings. The van der Waals surface area contributed by atoms with E-state index in [2.05, 4.69) is 5.32 Å². The minimum absolute atomic E-state index is 0.139. The van der Waals surface area contributed by atoms with Crippen molar-refractivity contribution >= 4 is 23.9 Å². The highest BCUT2D eigenvalue weighted by atomic mass is 16.7. The molecule has 4 fully saturated rings. The molecule has 6 amide bonds. The summed E-state index contributed by atoms with van der Waals surface area (Å²) in [5.74, 6) is -1.05. The summed E-state index contributed by atoms with van der Waals surface area (Å²) in [4.78, 5) is 67.0. The standard InChI is InChI=1S/C28H31N5O6/c34-25(23-13-11-21-15-30(23)27(36)32(21)38-17-19-7-3-1-4-8-19)29-26(35)24-14-12-22-16-31(24)28(37)33(22)39-18-20-9-5-2-6-10-20/h1-10,21-24H,11-18H2,(H,29,34,35)/t21-,22-,23+,24+/m1/s1. The SMILES string of the molecule is O=C(NC(=O)[C@@H]1CC[C@@H]2CN1C(=O)N2OCc1ccccc1)[C@@H]1CC[C@@H]2CN1C(=O)N2OCc1ccccc1. The zero-order valence-electron chi connectivity index (χ0n) is 21.5. The molecule has 0 saturated carbocycles. The van der Waals surface area contributed by atoms with Crippen molar-refractivity contribution in [1.82, 2.24) is 25.2 Å². The van der Waals surface area contributed by atoms with Crippen LogP contribution in [-0.4, -0.2) is 81.1 Å². The second-order valence-corrected chi connectivity index (χ2v) is 10.4. The summed E-state index contributed by atoms with van der Waals surface area (Å²) >= 11 is 0. The molecule has 4 saturated heterocycles. The molecule has 39 heavy (non-hydrogen) atoms. The fourth-order valence-corrected chi connectivity index (χ4v) is 5.87. The van der Waals surface area contributed by atoms with Crippen molar-refractivity contribution in [2.45, 2.75) is 63.1 Å². The van der Waals surface area contributed by atoms with Crippen molar-refractivity contribution in [3.63, 3.8) is 0 Å². The van der Waals surface area contributed by atoms with Crippen molar-refractivity contribution < 1.29 is 28.9 Å². The van der Waals surface area contributed by atoms with Crippen LogP contribution < -0.4 is 5.32 Å². The Morgan fingerprint density at radius 1 is 0.667 bits per heavy atom. The Balaban J connectivity index is 1.04. The Kier molecular flexibility index (Phi) is 6.92. The number of amides is 6. The van der Waals surface area contributed by atoms with Crippen LogP contribution in [0.2, 0.25) is 0 Å². The van der Waals surface area contributed by atoms with Crippen LogP contribution >= 0.6 is 0 Å². The number of piperidine rings is 2. The molecule has 0 radical (unpaired) electrons. The van der Waals surface area contributed by atoms with E-state index in [1.165, 1.54) is 19.9 Å². The van der Waals surface area contributed by atoms with Crippen molar-refractivity contribution in [2.24, 2.45) is 0 Å². The number of imide groups is 1. The monoisotopic (exact) mass is 533 g/mol. The van der Waals surface area contributed by atoms with E-state index < -0.39 is 23.9 Å². The van der Waals surface area contributed by atoms with Crippen LogP contribution in [0, 0.1) is 0 Å². The number of nitrogens with zero attached hydrogens (tertiary/aromatic N) is 4. The second-order valence-electron chi connectivity index (χ2n) is 10.4. The molecule has 4 aliphatic heterocycles. The van der Waals surface area contributed by atoms with E-state index >= 15 is 0 Å². The number of benzene rings is 2. The van der Waals surface area contributed by atoms with Gasteiger partial charge in [0, 0.05) is 13.1 Å². The number of hydrogen-bond donors (Lipinski definition) is 1. The summed E-state index contributed by atoms with van der Waals surface area (Å²) < 4.78 is 0. The first-order chi connectivity index (χ1) is 19.0. The van der Waals surface area contributed by atoms with Gasteiger partial charge < -0.3 is 9.80 Å². The van der Waals surface area contributed by atoms with Crippen LogP contribution in [0.5, 0.6) is 0 Å². The number of hydrogen-bond acceptors (Lipinski definition) is 6. The number of hydroxylamine groups is 4. The zero-order valence-corrected chi connectivity index (χ0v) is 21.5. The number of fused-ring (bicyclic) bond motifs is 4. The Bertz CT molecular complexity index is 1150. The van der Waals surface area contributed by atoms with Crippen molar-refractivity contribution in [3.05, 3.63) is 71.8 Å². The highest BCUT2D eigenvalue weighted by Crippen LogP contribution is 2.32. The average molecular weight is 534 g/mol. The Hall–Kier alpha value is -3.96. The average Bonchev–Trinajstić information content (AvgIpc) is 3.35. The van der Waals surface area contributed by atoms with Crippen molar-refractivity contribution in [1.29, 1.82) is 0 Å². The van der Waals surface area contributed by atoms with Gasteiger partial charge in [-0.05, 0) is 36.8 Å². The Morgan fingerprint density at radius 2 is 1.08 bits per heavy atom. The number of rotatable bonds is 8. The quantitative estimate of drug-likeness (QED) is 0.522. The normalized spacial score (nSPS) is 25.8. The van der Waals surface area contributed by atoms with Gasteiger partial charge in [-0.1, -0.05) is 60.7 Å². The molecule has 4 atom stereocenters. The lowest BCUT2D eigenvalue weighted by Crippen LogP contribution is -2.56. The molecule has 2 aromatic rings. The van der Waals surface area contributed by atoms with Crippen molar-refractivity contribution in [2.75, 3.05) is 13.1 Å². The molecule has 6 rings (SSSR count). The lowest BCUT2D eigenvalue weighted by molar-refractivity contribution is -0.140. The van der Waals surface area contributed by atoms with Gasteiger partial charge in [-0.3, -0.25) is 24.6 Å². The number of nitrogens with one attached hydrogen (secondary N) is 1. The van der Waals surface area contributed by atoms with Gasteiger partial charge in [0.25, 0.3) is 0 Å². The minimum atomic E-state index is -0.764. The topological polar surface area (TPSA) is 112 Å². The molecule has 11 nitrogen and oxygen atoms in total. The molecular weight excluding hydrogens is 502 g/mol. The van der Waals surface area contributed by atoms with Crippen molar-refractivity contribution in [3.8, 4) is 0 Å². The maximum atomic E-state index is 13.2. The van der Waals surface area contributed by atoms with Crippen LogP contribution in [-0.2, 0) is 32.5 Å². The van der Waals surface area contributed by atoms with E-state index in [4.69, 9.17) is 9.68 Å². The Morgan fingerprint density at radius 3 is 1.49 bits per heavy atom. The molecule has 204 valence electrons. The van der Waals surface area contributed by atoms with Crippen LogP contribution in [0.1, 0.15) is 36.8 Å². The first kappa shape index (κ1) is 25.3. The van der Waals surface area contributed by atoms with Gasteiger partial charge >= 0.3 is 12.1 Å². The number of carbonyl (C=O) groups excluding carboxylic acids is 4. The summed E-state index contributed by atoms with van der Waals surface area (Å²) in [5, 5.41) is 5.20. The fourth-order valence-electron chi connectivity index (χ4n) is 5.87. The van der Waals surface area contributed by atoms with E-state index in [0.29, 0.717) is 38.8 Å². The van der Waals surface area contributed by atoms with Gasteiger partial charge in [0.2, 0.25) is 11.8 Å². The molecule has 11 heteroatoms. The van der Waals surface area contributed by atoms with E-state index in [1.807, 2.05) is 60.7 Å². The number of urea groups is 2. The van der Waals surface area contributed by atoms with Gasteiger partial charge in [0.05, 0.1) is 12.1 Å². The smallest absolute Gasteiger partial charge is 0.309 e. The molecule has 4 bridgehead atoms. The van der Waals surface area contributed by atoms with Crippen LogP contribution in [0.3, 0.4) is 0 Å². The molecule has 0 aromatic heterocycles. The van der Waals surface area contributed by atoms with Gasteiger partial charge in [-0.2, -0.15) is 10.1 Å². The predicted octanol–water partition coefficient (Wildman–Crippen LogP) is 2.43. The zero-order chi connectivity index (χ0) is 26.9. The maximum Gasteiger partial charge on any atom is 0.345 e. The van der Waals surface area contributed by atoms with Gasteiger partial charge in [-0.15, -0.1) is 0 Å². The molecule has 0 spiro atoms. The lowest BCUT2D eigenvalue weighted by atomic mass is 9.98. The predicted molar refractivity (Wildman–Crippen MR) is 137 cm³/mol. The van der Waals surface area contributed by atoms with Gasteiger partial charge in [-0.25, -0.2) is 9.59 Å². The molecule has 1 N–H and O–H groups in total. The van der Waals surface area contributed by atoms with E-state index in [0.717, 1.165) is 11.1 Å². The minimum Gasteiger partial charge on any atom is -0.309 e. The fraction of sp³-hybridized carbons (Fsp3) is 0.429. The molecule has 0 aliphatic carbocycles. The summed E-state index contributed by atoms with van der Waals surface area (Å²) in [6.45, 7) is 1.24. The van der Waals surface area contributed by atoms with Crippen LogP contribution in [0.15, 0.2) is 60.7 Å². The Labute approximate surface area is 226 Å². The molecule has 2 aromatic carbocycles. The third-order valence-electron chi connectivity index (χ3n) is 7.92. The van der Waals surface area contributed by atoms with Crippen LogP contribution in [0.4, 0.5) is 9.59 Å². The van der Waals surface area contributed by atoms with E-state index in [1.54, 1.807) is 0 Å². The summed E-state index contributed by atoms with van der Waals surface area (Å²) in [6, 6.07) is 16.6.